The van der Waals surface area contributed by atoms with Crippen LogP contribution in [0.2, 0.25) is 0 Å². The van der Waals surface area contributed by atoms with Crippen molar-refractivity contribution in [1.29, 1.82) is 0 Å². The van der Waals surface area contributed by atoms with Crippen LogP contribution in [0.15, 0.2) is 6.20 Å². The van der Waals surface area contributed by atoms with Gasteiger partial charge in [0.05, 0.1) is 5.69 Å². The van der Waals surface area contributed by atoms with Gasteiger partial charge in [0.2, 0.25) is 0 Å². The van der Waals surface area contributed by atoms with E-state index in [1.165, 1.54) is 17.9 Å². The number of aliphatic hydroxyl groups excluding tert-OH is 1. The van der Waals surface area contributed by atoms with Crippen LogP contribution in [0.3, 0.4) is 0 Å². The highest BCUT2D eigenvalue weighted by atomic mass is 19.4. The first-order valence-corrected chi connectivity index (χ1v) is 3.49. The van der Waals surface area contributed by atoms with Gasteiger partial charge < -0.3 is 5.11 Å². The van der Waals surface area contributed by atoms with Crippen molar-refractivity contribution in [1.82, 2.24) is 15.0 Å². The smallest absolute Gasteiger partial charge is 0.383 e. The van der Waals surface area contributed by atoms with E-state index in [1.807, 2.05) is 0 Å². The van der Waals surface area contributed by atoms with Gasteiger partial charge in [-0.15, -0.1) is 5.10 Å². The maximum Gasteiger partial charge on any atom is 0.414 e. The minimum Gasteiger partial charge on any atom is -0.383 e. The van der Waals surface area contributed by atoms with Crippen LogP contribution in [-0.2, 0) is 13.5 Å². The number of aryl methyl sites for hydroxylation is 1. The van der Waals surface area contributed by atoms with Gasteiger partial charge in [-0.25, -0.2) is 0 Å². The minimum atomic E-state index is -4.60. The summed E-state index contributed by atoms with van der Waals surface area (Å²) >= 11 is 0. The van der Waals surface area contributed by atoms with Gasteiger partial charge in [0, 0.05) is 19.7 Å². The maximum absolute atomic E-state index is 11.8. The molecular formula is C6H8F3N3O. The Morgan fingerprint density at radius 3 is 2.62 bits per heavy atom. The largest absolute Gasteiger partial charge is 0.414 e. The van der Waals surface area contributed by atoms with Crippen molar-refractivity contribution in [3.63, 3.8) is 0 Å². The van der Waals surface area contributed by atoms with Crippen LogP contribution in [0.25, 0.3) is 0 Å². The Kier molecular flexibility index (Phi) is 2.55. The molecule has 0 unspecified atom stereocenters. The minimum absolute atomic E-state index is 0.118. The van der Waals surface area contributed by atoms with Gasteiger partial charge in [-0.2, -0.15) is 13.2 Å². The SMILES string of the molecule is Cn1cc(C[C@H](O)C(F)(F)F)nn1. The van der Waals surface area contributed by atoms with Crippen LogP contribution < -0.4 is 0 Å². The zero-order chi connectivity index (χ0) is 10.1. The highest BCUT2D eigenvalue weighted by molar-refractivity contribution is 4.95. The fraction of sp³-hybridized carbons (Fsp3) is 0.667. The molecule has 4 nitrogen and oxygen atoms in total. The Morgan fingerprint density at radius 1 is 1.62 bits per heavy atom. The molecule has 0 aliphatic heterocycles. The van der Waals surface area contributed by atoms with E-state index in [0.29, 0.717) is 0 Å². The molecule has 0 radical (unpaired) electrons. The fourth-order valence-corrected chi connectivity index (χ4v) is 0.803. The van der Waals surface area contributed by atoms with Gasteiger partial charge in [-0.3, -0.25) is 4.68 Å². The molecule has 1 N–H and O–H groups in total. The topological polar surface area (TPSA) is 50.9 Å². The average molecular weight is 195 g/mol. The standard InChI is InChI=1S/C6H8F3N3O/c1-12-3-4(10-11-12)2-5(13)6(7,8)9/h3,5,13H,2H2,1H3/t5-/m0/s1. The Labute approximate surface area is 72.0 Å². The number of aromatic nitrogens is 3. The highest BCUT2D eigenvalue weighted by Gasteiger charge is 2.38. The average Bonchev–Trinajstić information content (AvgIpc) is 2.33. The first kappa shape index (κ1) is 9.97. The summed E-state index contributed by atoms with van der Waals surface area (Å²) in [5, 5.41) is 15.5. The first-order valence-electron chi connectivity index (χ1n) is 3.49. The van der Waals surface area contributed by atoms with Gasteiger partial charge in [0.25, 0.3) is 0 Å². The van der Waals surface area contributed by atoms with Crippen LogP contribution in [0.5, 0.6) is 0 Å². The Morgan fingerprint density at radius 2 is 2.23 bits per heavy atom. The lowest BCUT2D eigenvalue weighted by Gasteiger charge is -2.12. The maximum atomic E-state index is 11.8. The molecule has 1 rings (SSSR count). The van der Waals surface area contributed by atoms with Crippen LogP contribution in [0.1, 0.15) is 5.69 Å². The van der Waals surface area contributed by atoms with Crippen LogP contribution >= 0.6 is 0 Å². The summed E-state index contributed by atoms with van der Waals surface area (Å²) in [4.78, 5) is 0. The Hall–Kier alpha value is -1.11. The van der Waals surface area contributed by atoms with E-state index < -0.39 is 18.7 Å². The van der Waals surface area contributed by atoms with E-state index in [1.54, 1.807) is 0 Å². The summed E-state index contributed by atoms with van der Waals surface area (Å²) in [5.41, 5.74) is 0.118. The molecule has 1 heterocycles. The number of alkyl halides is 3. The van der Waals surface area contributed by atoms with Crippen molar-refractivity contribution in [2.75, 3.05) is 0 Å². The number of aliphatic hydroxyl groups is 1. The summed E-state index contributed by atoms with van der Waals surface area (Å²) < 4.78 is 36.8. The molecule has 7 heteroatoms. The van der Waals surface area contributed by atoms with Gasteiger partial charge in [-0.05, 0) is 0 Å². The van der Waals surface area contributed by atoms with Crippen molar-refractivity contribution in [3.05, 3.63) is 11.9 Å². The van der Waals surface area contributed by atoms with Gasteiger partial charge in [0.15, 0.2) is 6.10 Å². The van der Waals surface area contributed by atoms with E-state index >= 15 is 0 Å². The van der Waals surface area contributed by atoms with Crippen LogP contribution in [-0.4, -0.2) is 32.4 Å². The summed E-state index contributed by atoms with van der Waals surface area (Å²) in [5.74, 6) is 0. The molecule has 0 fully saturated rings. The van der Waals surface area contributed by atoms with E-state index in [0.717, 1.165) is 0 Å². The van der Waals surface area contributed by atoms with E-state index in [2.05, 4.69) is 10.3 Å². The third kappa shape index (κ3) is 2.69. The molecule has 1 aromatic heterocycles. The summed E-state index contributed by atoms with van der Waals surface area (Å²) in [6.45, 7) is 0. The summed E-state index contributed by atoms with van der Waals surface area (Å²) in [7, 11) is 1.54. The molecule has 13 heavy (non-hydrogen) atoms. The molecule has 0 bridgehead atoms. The monoisotopic (exact) mass is 195 g/mol. The molecule has 0 aliphatic rings. The van der Waals surface area contributed by atoms with E-state index in [4.69, 9.17) is 5.11 Å². The normalized spacial score (nSPS) is 14.5. The van der Waals surface area contributed by atoms with E-state index in [9.17, 15) is 13.2 Å². The third-order valence-electron chi connectivity index (χ3n) is 1.43. The molecule has 0 saturated heterocycles. The number of hydrogen-bond donors (Lipinski definition) is 1. The molecular weight excluding hydrogens is 187 g/mol. The van der Waals surface area contributed by atoms with Gasteiger partial charge >= 0.3 is 6.18 Å². The van der Waals surface area contributed by atoms with Crippen molar-refractivity contribution in [2.45, 2.75) is 18.7 Å². The second kappa shape index (κ2) is 3.33. The lowest BCUT2D eigenvalue weighted by molar-refractivity contribution is -0.203. The van der Waals surface area contributed by atoms with Crippen molar-refractivity contribution in [3.8, 4) is 0 Å². The highest BCUT2D eigenvalue weighted by Crippen LogP contribution is 2.22. The summed E-state index contributed by atoms with van der Waals surface area (Å²) in [6.07, 6.45) is -6.20. The molecule has 1 aromatic rings. The van der Waals surface area contributed by atoms with Crippen LogP contribution in [0, 0.1) is 0 Å². The van der Waals surface area contributed by atoms with Crippen molar-refractivity contribution in [2.24, 2.45) is 7.05 Å². The van der Waals surface area contributed by atoms with Crippen molar-refractivity contribution < 1.29 is 18.3 Å². The lowest BCUT2D eigenvalue weighted by Crippen LogP contribution is -2.30. The Balaban J connectivity index is 2.60. The molecule has 0 amide bonds. The number of nitrogens with zero attached hydrogens (tertiary/aromatic N) is 3. The fourth-order valence-electron chi connectivity index (χ4n) is 0.803. The Bertz CT molecular complexity index is 283. The predicted molar refractivity (Wildman–Crippen MR) is 36.8 cm³/mol. The molecule has 0 spiro atoms. The van der Waals surface area contributed by atoms with Gasteiger partial charge in [0.1, 0.15) is 0 Å². The zero-order valence-corrected chi connectivity index (χ0v) is 6.78. The summed E-state index contributed by atoms with van der Waals surface area (Å²) in [6, 6.07) is 0. The first-order chi connectivity index (χ1) is 5.89. The number of hydrogen-bond acceptors (Lipinski definition) is 3. The third-order valence-corrected chi connectivity index (χ3v) is 1.43. The molecule has 0 aromatic carbocycles. The number of halogens is 3. The van der Waals surface area contributed by atoms with Crippen molar-refractivity contribution >= 4 is 0 Å². The molecule has 0 saturated carbocycles. The zero-order valence-electron chi connectivity index (χ0n) is 6.78. The number of rotatable bonds is 2. The molecule has 1 atom stereocenters. The van der Waals surface area contributed by atoms with Gasteiger partial charge in [-0.1, -0.05) is 5.21 Å². The second-order valence-electron chi connectivity index (χ2n) is 2.65. The quantitative estimate of drug-likeness (QED) is 0.737. The van der Waals surface area contributed by atoms with Crippen LogP contribution in [0.4, 0.5) is 13.2 Å². The lowest BCUT2D eigenvalue weighted by atomic mass is 10.2. The predicted octanol–water partition coefficient (Wildman–Crippen LogP) is 0.281. The van der Waals surface area contributed by atoms with E-state index in [-0.39, 0.29) is 5.69 Å². The second-order valence-corrected chi connectivity index (χ2v) is 2.65. The molecule has 74 valence electrons. The molecule has 0 aliphatic carbocycles.